The van der Waals surface area contributed by atoms with Gasteiger partial charge in [-0.1, -0.05) is 12.1 Å². The Balaban J connectivity index is 1.89. The highest BCUT2D eigenvalue weighted by Crippen LogP contribution is 2.31. The Morgan fingerprint density at radius 1 is 1.35 bits per heavy atom. The lowest BCUT2D eigenvalue weighted by Gasteiger charge is -2.34. The van der Waals surface area contributed by atoms with Crippen LogP contribution >= 0.6 is 0 Å². The predicted octanol–water partition coefficient (Wildman–Crippen LogP) is 2.40. The van der Waals surface area contributed by atoms with E-state index in [2.05, 4.69) is 0 Å². The predicted molar refractivity (Wildman–Crippen MR) is 77.9 cm³/mol. The van der Waals surface area contributed by atoms with E-state index >= 15 is 0 Å². The van der Waals surface area contributed by atoms with Gasteiger partial charge in [0, 0.05) is 13.1 Å². The molecule has 4 nitrogen and oxygen atoms in total. The molecule has 0 aromatic heterocycles. The minimum Gasteiger partial charge on any atom is -0.508 e. The number of aromatic hydroxyl groups is 1. The number of carbonyl (C=O) groups is 1. The van der Waals surface area contributed by atoms with Crippen molar-refractivity contribution in [3.63, 3.8) is 0 Å². The van der Waals surface area contributed by atoms with Gasteiger partial charge in [-0.15, -0.1) is 0 Å². The number of piperidine rings is 1. The van der Waals surface area contributed by atoms with Crippen LogP contribution in [0.2, 0.25) is 0 Å². The Labute approximate surface area is 132 Å². The number of likely N-dealkylation sites (tertiary alicyclic amines) is 1. The second-order valence-corrected chi connectivity index (χ2v) is 6.00. The Bertz CT molecular complexity index is 566. The summed E-state index contributed by atoms with van der Waals surface area (Å²) in [6, 6.07) is 4.98. The fourth-order valence-corrected chi connectivity index (χ4v) is 2.78. The molecule has 0 radical (unpaired) electrons. The van der Waals surface area contributed by atoms with Crippen molar-refractivity contribution in [1.82, 2.24) is 4.90 Å². The van der Waals surface area contributed by atoms with Crippen molar-refractivity contribution in [2.24, 2.45) is 5.92 Å². The Morgan fingerprint density at radius 2 is 1.96 bits per heavy atom. The minimum atomic E-state index is -4.61. The minimum absolute atomic E-state index is 0.0976. The molecule has 1 amide bonds. The number of aliphatic hydroxyl groups excluding tert-OH is 1. The molecule has 0 aliphatic carbocycles. The van der Waals surface area contributed by atoms with Crippen molar-refractivity contribution in [3.05, 3.63) is 29.3 Å². The van der Waals surface area contributed by atoms with E-state index in [0.29, 0.717) is 11.1 Å². The molecule has 128 valence electrons. The molecule has 0 bridgehead atoms. The number of rotatable bonds is 3. The number of phenolic OH excluding ortho intramolecular Hbond substituents is 1. The zero-order valence-electron chi connectivity index (χ0n) is 12.8. The normalized spacial score (nSPS) is 18.0. The second kappa shape index (κ2) is 6.78. The molecule has 1 aromatic rings. The highest BCUT2D eigenvalue weighted by molar-refractivity contribution is 5.79. The summed E-state index contributed by atoms with van der Waals surface area (Å²) >= 11 is 0. The number of halogens is 3. The average Bonchev–Trinajstić information content (AvgIpc) is 2.49. The summed E-state index contributed by atoms with van der Waals surface area (Å²) in [6.07, 6.45) is -6.58. The van der Waals surface area contributed by atoms with E-state index in [9.17, 15) is 28.2 Å². The van der Waals surface area contributed by atoms with Crippen LogP contribution in [0.15, 0.2) is 18.2 Å². The number of amides is 1. The molecule has 1 fully saturated rings. The van der Waals surface area contributed by atoms with Gasteiger partial charge in [-0.25, -0.2) is 0 Å². The molecule has 1 atom stereocenters. The molecule has 1 saturated heterocycles. The summed E-state index contributed by atoms with van der Waals surface area (Å²) in [5.74, 6) is -0.932. The molecule has 1 unspecified atom stereocenters. The Hall–Kier alpha value is -1.76. The van der Waals surface area contributed by atoms with E-state index < -0.39 is 18.2 Å². The number of hydrogen-bond acceptors (Lipinski definition) is 3. The monoisotopic (exact) mass is 331 g/mol. The number of phenols is 1. The highest BCUT2D eigenvalue weighted by Gasteiger charge is 2.44. The van der Waals surface area contributed by atoms with E-state index in [4.69, 9.17) is 0 Å². The largest absolute Gasteiger partial charge is 0.508 e. The summed E-state index contributed by atoms with van der Waals surface area (Å²) in [4.78, 5) is 13.7. The fraction of sp³-hybridized carbons (Fsp3) is 0.562. The molecular formula is C16H20F3NO3. The molecule has 2 N–H and O–H groups in total. The number of aryl methyl sites for hydroxylation is 1. The van der Waals surface area contributed by atoms with Crippen LogP contribution in [0, 0.1) is 12.8 Å². The molecule has 2 rings (SSSR count). The summed E-state index contributed by atoms with van der Waals surface area (Å²) in [5, 5.41) is 18.9. The van der Waals surface area contributed by atoms with Crippen molar-refractivity contribution in [3.8, 4) is 5.75 Å². The van der Waals surface area contributed by atoms with E-state index in [1.807, 2.05) is 0 Å². The standard InChI is InChI=1S/C16H20F3NO3/c1-10-2-3-11(8-13(10)21)9-14(22)20-6-4-12(5-7-20)15(23)16(17,18)19/h2-3,8,12,15,21,23H,4-7,9H2,1H3. The summed E-state index contributed by atoms with van der Waals surface area (Å²) in [7, 11) is 0. The third kappa shape index (κ3) is 4.37. The number of benzene rings is 1. The number of carbonyl (C=O) groups excluding carboxylic acids is 1. The van der Waals surface area contributed by atoms with Crippen LogP contribution in [0.1, 0.15) is 24.0 Å². The molecule has 1 aromatic carbocycles. The van der Waals surface area contributed by atoms with Crippen LogP contribution in [0.25, 0.3) is 0 Å². The second-order valence-electron chi connectivity index (χ2n) is 6.00. The van der Waals surface area contributed by atoms with Crippen LogP contribution in [0.3, 0.4) is 0 Å². The maximum Gasteiger partial charge on any atom is 0.414 e. The van der Waals surface area contributed by atoms with Gasteiger partial charge in [0.2, 0.25) is 5.91 Å². The lowest BCUT2D eigenvalue weighted by molar-refractivity contribution is -0.222. The van der Waals surface area contributed by atoms with E-state index in [1.54, 1.807) is 19.1 Å². The smallest absolute Gasteiger partial charge is 0.414 e. The topological polar surface area (TPSA) is 60.8 Å². The molecule has 1 aliphatic heterocycles. The molecule has 1 aliphatic rings. The Kier molecular flexibility index (Phi) is 5.19. The first kappa shape index (κ1) is 17.6. The summed E-state index contributed by atoms with van der Waals surface area (Å²) < 4.78 is 37.5. The van der Waals surface area contributed by atoms with Crippen molar-refractivity contribution in [2.75, 3.05) is 13.1 Å². The van der Waals surface area contributed by atoms with Gasteiger partial charge in [0.25, 0.3) is 0 Å². The first-order valence-electron chi connectivity index (χ1n) is 7.49. The van der Waals surface area contributed by atoms with Crippen LogP contribution in [0.5, 0.6) is 5.75 Å². The Morgan fingerprint density at radius 3 is 2.48 bits per heavy atom. The first-order chi connectivity index (χ1) is 10.7. The highest BCUT2D eigenvalue weighted by atomic mass is 19.4. The van der Waals surface area contributed by atoms with E-state index in [1.165, 1.54) is 11.0 Å². The third-order valence-corrected chi connectivity index (χ3v) is 4.30. The molecule has 0 spiro atoms. The number of nitrogens with zero attached hydrogens (tertiary/aromatic N) is 1. The molecular weight excluding hydrogens is 311 g/mol. The lowest BCUT2D eigenvalue weighted by Crippen LogP contribution is -2.45. The molecule has 7 heteroatoms. The quantitative estimate of drug-likeness (QED) is 0.894. The van der Waals surface area contributed by atoms with Gasteiger partial charge in [0.05, 0.1) is 6.42 Å². The molecule has 1 heterocycles. The van der Waals surface area contributed by atoms with Gasteiger partial charge < -0.3 is 15.1 Å². The fourth-order valence-electron chi connectivity index (χ4n) is 2.78. The maximum atomic E-state index is 12.5. The van der Waals surface area contributed by atoms with Gasteiger partial charge in [0.15, 0.2) is 6.10 Å². The molecule has 0 saturated carbocycles. The number of alkyl halides is 3. The maximum absolute atomic E-state index is 12.5. The van der Waals surface area contributed by atoms with Crippen LogP contribution in [-0.2, 0) is 11.2 Å². The van der Waals surface area contributed by atoms with Crippen molar-refractivity contribution < 1.29 is 28.2 Å². The zero-order valence-corrected chi connectivity index (χ0v) is 12.8. The summed E-state index contributed by atoms with van der Waals surface area (Å²) in [6.45, 7) is 2.15. The van der Waals surface area contributed by atoms with E-state index in [-0.39, 0.29) is 44.0 Å². The van der Waals surface area contributed by atoms with Gasteiger partial charge in [-0.3, -0.25) is 4.79 Å². The van der Waals surface area contributed by atoms with Gasteiger partial charge in [-0.05, 0) is 42.9 Å². The third-order valence-electron chi connectivity index (χ3n) is 4.30. The number of hydrogen-bond donors (Lipinski definition) is 2. The van der Waals surface area contributed by atoms with Gasteiger partial charge >= 0.3 is 6.18 Å². The molecule has 23 heavy (non-hydrogen) atoms. The zero-order chi connectivity index (χ0) is 17.2. The summed E-state index contributed by atoms with van der Waals surface area (Å²) in [5.41, 5.74) is 1.37. The van der Waals surface area contributed by atoms with Crippen molar-refractivity contribution >= 4 is 5.91 Å². The van der Waals surface area contributed by atoms with Crippen LogP contribution in [-0.4, -0.2) is 46.4 Å². The van der Waals surface area contributed by atoms with Crippen molar-refractivity contribution in [2.45, 2.75) is 38.5 Å². The first-order valence-corrected chi connectivity index (χ1v) is 7.49. The van der Waals surface area contributed by atoms with Crippen LogP contribution < -0.4 is 0 Å². The van der Waals surface area contributed by atoms with Crippen molar-refractivity contribution in [1.29, 1.82) is 0 Å². The SMILES string of the molecule is Cc1ccc(CC(=O)N2CCC(C(O)C(F)(F)F)CC2)cc1O. The number of aliphatic hydroxyl groups is 1. The van der Waals surface area contributed by atoms with Crippen LogP contribution in [0.4, 0.5) is 13.2 Å². The van der Waals surface area contributed by atoms with Gasteiger partial charge in [0.1, 0.15) is 5.75 Å². The average molecular weight is 331 g/mol. The lowest BCUT2D eigenvalue weighted by atomic mass is 9.90. The van der Waals surface area contributed by atoms with Gasteiger partial charge in [-0.2, -0.15) is 13.2 Å². The van der Waals surface area contributed by atoms with E-state index in [0.717, 1.165) is 0 Å².